The summed E-state index contributed by atoms with van der Waals surface area (Å²) in [4.78, 5) is 25.4. The van der Waals surface area contributed by atoms with Crippen molar-refractivity contribution < 1.29 is 14.3 Å². The maximum absolute atomic E-state index is 12.2. The minimum Gasteiger partial charge on any atom is -0.496 e. The Balaban J connectivity index is 2.72. The zero-order valence-electron chi connectivity index (χ0n) is 13.6. The first-order chi connectivity index (χ1) is 10.5. The van der Waals surface area contributed by atoms with Crippen molar-refractivity contribution in [2.75, 3.05) is 20.2 Å². The number of para-hydroxylation sites is 1. The molecule has 0 unspecified atom stereocenters. The van der Waals surface area contributed by atoms with Gasteiger partial charge in [-0.3, -0.25) is 9.59 Å². The Morgan fingerprint density at radius 2 is 2.00 bits per heavy atom. The molecular formula is C17H24N2O3. The van der Waals surface area contributed by atoms with Gasteiger partial charge in [0.25, 0.3) is 0 Å². The van der Waals surface area contributed by atoms with Crippen LogP contribution in [0, 0.1) is 0 Å². The number of nitrogens with zero attached hydrogens (tertiary/aromatic N) is 1. The summed E-state index contributed by atoms with van der Waals surface area (Å²) < 4.78 is 5.23. The molecule has 0 bridgehead atoms. The van der Waals surface area contributed by atoms with E-state index in [1.807, 2.05) is 45.0 Å². The van der Waals surface area contributed by atoms with Crippen molar-refractivity contribution in [3.05, 3.63) is 35.9 Å². The van der Waals surface area contributed by atoms with E-state index in [4.69, 9.17) is 4.74 Å². The van der Waals surface area contributed by atoms with Crippen LogP contribution in [0.5, 0.6) is 5.75 Å². The number of hydrogen-bond donors (Lipinski definition) is 1. The van der Waals surface area contributed by atoms with E-state index < -0.39 is 0 Å². The van der Waals surface area contributed by atoms with Crippen LogP contribution in [-0.4, -0.2) is 43.0 Å². The third-order valence-electron chi connectivity index (χ3n) is 3.02. The summed E-state index contributed by atoms with van der Waals surface area (Å²) in [5.41, 5.74) is 0.820. The number of ether oxygens (including phenoxy) is 1. The monoisotopic (exact) mass is 304 g/mol. The van der Waals surface area contributed by atoms with Gasteiger partial charge in [-0.25, -0.2) is 0 Å². The molecule has 120 valence electrons. The third kappa shape index (κ3) is 5.60. The highest BCUT2D eigenvalue weighted by Crippen LogP contribution is 2.18. The van der Waals surface area contributed by atoms with Gasteiger partial charge in [-0.05, 0) is 32.9 Å². The number of carbonyl (C=O) groups is 2. The van der Waals surface area contributed by atoms with E-state index in [1.54, 1.807) is 13.2 Å². The van der Waals surface area contributed by atoms with Gasteiger partial charge in [-0.2, -0.15) is 0 Å². The molecular weight excluding hydrogens is 280 g/mol. The van der Waals surface area contributed by atoms with Gasteiger partial charge >= 0.3 is 0 Å². The number of likely N-dealkylation sites (N-methyl/N-ethyl adjacent to an activating group) is 1. The van der Waals surface area contributed by atoms with Gasteiger partial charge in [0.2, 0.25) is 11.8 Å². The Kier molecular flexibility index (Phi) is 7.16. The third-order valence-corrected chi connectivity index (χ3v) is 3.02. The molecule has 0 radical (unpaired) electrons. The Morgan fingerprint density at radius 1 is 1.32 bits per heavy atom. The molecule has 5 heteroatoms. The van der Waals surface area contributed by atoms with Gasteiger partial charge in [-0.1, -0.05) is 18.2 Å². The van der Waals surface area contributed by atoms with Crippen LogP contribution < -0.4 is 10.1 Å². The first-order valence-electron chi connectivity index (χ1n) is 7.37. The normalized spacial score (nSPS) is 10.8. The second kappa shape index (κ2) is 8.87. The van der Waals surface area contributed by atoms with Crippen LogP contribution in [0.3, 0.4) is 0 Å². The summed E-state index contributed by atoms with van der Waals surface area (Å²) >= 11 is 0. The van der Waals surface area contributed by atoms with Crippen LogP contribution in [-0.2, 0) is 9.59 Å². The predicted octanol–water partition coefficient (Wildman–Crippen LogP) is 2.08. The SMILES string of the molecule is CCN(CC(=O)NC(C)C)C(=O)C=Cc1ccccc1OC. The fraction of sp³-hybridized carbons (Fsp3) is 0.412. The summed E-state index contributed by atoms with van der Waals surface area (Å²) in [7, 11) is 1.59. The van der Waals surface area contributed by atoms with E-state index in [2.05, 4.69) is 5.32 Å². The van der Waals surface area contributed by atoms with E-state index in [0.29, 0.717) is 12.3 Å². The minimum absolute atomic E-state index is 0.0593. The number of nitrogens with one attached hydrogen (secondary N) is 1. The molecule has 5 nitrogen and oxygen atoms in total. The lowest BCUT2D eigenvalue weighted by molar-refractivity contribution is -0.132. The van der Waals surface area contributed by atoms with Crippen molar-refractivity contribution in [3.8, 4) is 5.75 Å². The van der Waals surface area contributed by atoms with Crippen LogP contribution >= 0.6 is 0 Å². The first-order valence-corrected chi connectivity index (χ1v) is 7.37. The quantitative estimate of drug-likeness (QED) is 0.785. The van der Waals surface area contributed by atoms with Gasteiger partial charge in [0.05, 0.1) is 13.7 Å². The molecule has 0 fully saturated rings. The van der Waals surface area contributed by atoms with Crippen molar-refractivity contribution in [3.63, 3.8) is 0 Å². The Bertz CT molecular complexity index is 538. The summed E-state index contributed by atoms with van der Waals surface area (Å²) in [6.07, 6.45) is 3.16. The van der Waals surface area contributed by atoms with Gasteiger partial charge in [0.1, 0.15) is 5.75 Å². The maximum Gasteiger partial charge on any atom is 0.247 e. The smallest absolute Gasteiger partial charge is 0.247 e. The molecule has 0 aliphatic carbocycles. The lowest BCUT2D eigenvalue weighted by Gasteiger charge is -2.19. The summed E-state index contributed by atoms with van der Waals surface area (Å²) in [5.74, 6) is 0.343. The fourth-order valence-corrected chi connectivity index (χ4v) is 1.96. The molecule has 1 N–H and O–H groups in total. The molecule has 0 saturated heterocycles. The summed E-state index contributed by atoms with van der Waals surface area (Å²) in [6.45, 7) is 6.15. The van der Waals surface area contributed by atoms with Gasteiger partial charge in [-0.15, -0.1) is 0 Å². The number of hydrogen-bond acceptors (Lipinski definition) is 3. The van der Waals surface area contributed by atoms with Crippen LogP contribution in [0.2, 0.25) is 0 Å². The molecule has 0 spiro atoms. The van der Waals surface area contributed by atoms with Gasteiger partial charge in [0, 0.05) is 24.2 Å². The molecule has 1 aromatic carbocycles. The highest BCUT2D eigenvalue weighted by atomic mass is 16.5. The van der Waals surface area contributed by atoms with Crippen LogP contribution in [0.4, 0.5) is 0 Å². The predicted molar refractivity (Wildman–Crippen MR) is 87.6 cm³/mol. The Labute approximate surface area is 132 Å². The molecule has 2 amide bonds. The molecule has 0 heterocycles. The number of rotatable bonds is 7. The molecule has 1 aromatic rings. The lowest BCUT2D eigenvalue weighted by atomic mass is 10.2. The van der Waals surface area contributed by atoms with Gasteiger partial charge in [0.15, 0.2) is 0 Å². The lowest BCUT2D eigenvalue weighted by Crippen LogP contribution is -2.42. The zero-order valence-corrected chi connectivity index (χ0v) is 13.6. The second-order valence-electron chi connectivity index (χ2n) is 5.15. The standard InChI is InChI=1S/C17H24N2O3/c1-5-19(12-16(20)18-13(2)3)17(21)11-10-14-8-6-7-9-15(14)22-4/h6-11,13H,5,12H2,1-4H3,(H,18,20). The van der Waals surface area contributed by atoms with E-state index >= 15 is 0 Å². The van der Waals surface area contributed by atoms with Crippen molar-refractivity contribution >= 4 is 17.9 Å². The van der Waals surface area contributed by atoms with Crippen molar-refractivity contribution in [1.82, 2.24) is 10.2 Å². The van der Waals surface area contributed by atoms with Crippen molar-refractivity contribution in [1.29, 1.82) is 0 Å². The number of methoxy groups -OCH3 is 1. The molecule has 0 saturated carbocycles. The van der Waals surface area contributed by atoms with Crippen molar-refractivity contribution in [2.24, 2.45) is 0 Å². The highest BCUT2D eigenvalue weighted by molar-refractivity contribution is 5.94. The topological polar surface area (TPSA) is 58.6 Å². The van der Waals surface area contributed by atoms with E-state index in [-0.39, 0.29) is 24.4 Å². The second-order valence-corrected chi connectivity index (χ2v) is 5.15. The molecule has 0 aliphatic rings. The Hall–Kier alpha value is -2.30. The van der Waals surface area contributed by atoms with Gasteiger partial charge < -0.3 is 15.0 Å². The summed E-state index contributed by atoms with van der Waals surface area (Å²) in [5, 5.41) is 2.78. The number of amides is 2. The average molecular weight is 304 g/mol. The molecule has 0 aliphatic heterocycles. The van der Waals surface area contributed by atoms with Crippen LogP contribution in [0.1, 0.15) is 26.3 Å². The largest absolute Gasteiger partial charge is 0.496 e. The summed E-state index contributed by atoms with van der Waals surface area (Å²) in [6, 6.07) is 7.50. The first kappa shape index (κ1) is 17.8. The highest BCUT2D eigenvalue weighted by Gasteiger charge is 2.13. The molecule has 0 aromatic heterocycles. The number of carbonyl (C=O) groups excluding carboxylic acids is 2. The van der Waals surface area contributed by atoms with E-state index in [1.165, 1.54) is 11.0 Å². The number of benzene rings is 1. The Morgan fingerprint density at radius 3 is 2.59 bits per heavy atom. The fourth-order valence-electron chi connectivity index (χ4n) is 1.96. The molecule has 1 rings (SSSR count). The van der Waals surface area contributed by atoms with E-state index in [0.717, 1.165) is 5.56 Å². The average Bonchev–Trinajstić information content (AvgIpc) is 2.49. The molecule has 22 heavy (non-hydrogen) atoms. The van der Waals surface area contributed by atoms with Crippen LogP contribution in [0.15, 0.2) is 30.3 Å². The van der Waals surface area contributed by atoms with Crippen LogP contribution in [0.25, 0.3) is 6.08 Å². The maximum atomic E-state index is 12.2. The van der Waals surface area contributed by atoms with Crippen molar-refractivity contribution in [2.45, 2.75) is 26.8 Å². The van der Waals surface area contributed by atoms with E-state index in [9.17, 15) is 9.59 Å². The zero-order chi connectivity index (χ0) is 16.5. The minimum atomic E-state index is -0.202. The molecule has 0 atom stereocenters.